The Labute approximate surface area is 129 Å². The molecule has 0 aliphatic carbocycles. The zero-order chi connectivity index (χ0) is 15.2. The standard InChI is InChI=1S/C17H21NO4/c19-16(20)17-10-18(12-5-7-21-8-6-12)9-14(17)13-3-1-2-4-15(13)22-11-17/h1-4,12,14H,5-11H2,(H,19,20)/t14?,17-/m1/s1. The molecule has 3 aliphatic heterocycles. The Kier molecular flexibility index (Phi) is 3.35. The first-order chi connectivity index (χ1) is 10.7. The van der Waals surface area contributed by atoms with Gasteiger partial charge in [-0.25, -0.2) is 0 Å². The van der Waals surface area contributed by atoms with E-state index in [9.17, 15) is 9.90 Å². The number of carboxylic acid groups (broad SMARTS) is 1. The summed E-state index contributed by atoms with van der Waals surface area (Å²) in [5.74, 6) is 0.123. The van der Waals surface area contributed by atoms with Crippen molar-refractivity contribution in [1.29, 1.82) is 0 Å². The topological polar surface area (TPSA) is 59.0 Å². The molecule has 2 atom stereocenters. The number of ether oxygens (including phenoxy) is 2. The van der Waals surface area contributed by atoms with Crippen molar-refractivity contribution in [2.45, 2.75) is 24.8 Å². The maximum Gasteiger partial charge on any atom is 0.315 e. The van der Waals surface area contributed by atoms with Gasteiger partial charge in [0.25, 0.3) is 0 Å². The van der Waals surface area contributed by atoms with Crippen LogP contribution in [0.3, 0.4) is 0 Å². The average Bonchev–Trinajstić information content (AvgIpc) is 2.97. The number of rotatable bonds is 2. The SMILES string of the molecule is O=C(O)[C@]12COc3ccccc3C1CN(C1CCOCC1)C2. The summed E-state index contributed by atoms with van der Waals surface area (Å²) in [5.41, 5.74) is 0.234. The predicted octanol–water partition coefficient (Wildman–Crippen LogP) is 1.73. The molecule has 1 N–H and O–H groups in total. The van der Waals surface area contributed by atoms with Gasteiger partial charge in [0.1, 0.15) is 17.8 Å². The third-order valence-electron chi connectivity index (χ3n) is 5.48. The molecule has 5 heteroatoms. The highest BCUT2D eigenvalue weighted by Gasteiger charge is 2.57. The summed E-state index contributed by atoms with van der Waals surface area (Å²) in [6.07, 6.45) is 1.98. The van der Waals surface area contributed by atoms with E-state index >= 15 is 0 Å². The summed E-state index contributed by atoms with van der Waals surface area (Å²) in [4.78, 5) is 14.4. The molecule has 0 bridgehead atoms. The van der Waals surface area contributed by atoms with Gasteiger partial charge in [0, 0.05) is 38.3 Å². The summed E-state index contributed by atoms with van der Waals surface area (Å²) < 4.78 is 11.2. The van der Waals surface area contributed by atoms with Crippen LogP contribution in [-0.2, 0) is 9.53 Å². The summed E-state index contributed by atoms with van der Waals surface area (Å²) in [7, 11) is 0. The van der Waals surface area contributed by atoms with Crippen LogP contribution in [0.1, 0.15) is 24.3 Å². The summed E-state index contributed by atoms with van der Waals surface area (Å²) in [6, 6.07) is 8.31. The second-order valence-corrected chi connectivity index (χ2v) is 6.61. The predicted molar refractivity (Wildman–Crippen MR) is 80.2 cm³/mol. The van der Waals surface area contributed by atoms with Gasteiger partial charge in [0.2, 0.25) is 0 Å². The molecule has 4 rings (SSSR count). The number of hydrogen-bond donors (Lipinski definition) is 1. The molecule has 0 spiro atoms. The van der Waals surface area contributed by atoms with E-state index in [0.717, 1.165) is 43.9 Å². The van der Waals surface area contributed by atoms with Gasteiger partial charge in [0.15, 0.2) is 0 Å². The Hall–Kier alpha value is -1.59. The largest absolute Gasteiger partial charge is 0.492 e. The summed E-state index contributed by atoms with van der Waals surface area (Å²) >= 11 is 0. The number of aliphatic carboxylic acids is 1. The molecule has 1 aromatic rings. The first kappa shape index (κ1) is 14.0. The van der Waals surface area contributed by atoms with Crippen molar-refractivity contribution in [2.24, 2.45) is 5.41 Å². The third-order valence-corrected chi connectivity index (χ3v) is 5.48. The molecule has 1 unspecified atom stereocenters. The van der Waals surface area contributed by atoms with Crippen LogP contribution in [0.25, 0.3) is 0 Å². The normalized spacial score (nSPS) is 32.1. The number of hydrogen-bond acceptors (Lipinski definition) is 4. The summed E-state index contributed by atoms with van der Waals surface area (Å²) in [5, 5.41) is 9.91. The van der Waals surface area contributed by atoms with E-state index in [1.165, 1.54) is 0 Å². The van der Waals surface area contributed by atoms with Crippen molar-refractivity contribution >= 4 is 5.97 Å². The number of fused-ring (bicyclic) bond motifs is 3. The molecule has 3 heterocycles. The minimum absolute atomic E-state index is 0.0118. The lowest BCUT2D eigenvalue weighted by atomic mass is 9.73. The Balaban J connectivity index is 1.68. The third kappa shape index (κ3) is 2.03. The molecular formula is C17H21NO4. The van der Waals surface area contributed by atoms with Crippen LogP contribution in [0.2, 0.25) is 0 Å². The molecule has 0 radical (unpaired) electrons. The Bertz CT molecular complexity index is 584. The van der Waals surface area contributed by atoms with Crippen molar-refractivity contribution < 1.29 is 19.4 Å². The molecule has 118 valence electrons. The smallest absolute Gasteiger partial charge is 0.315 e. The zero-order valence-corrected chi connectivity index (χ0v) is 12.5. The van der Waals surface area contributed by atoms with E-state index in [1.54, 1.807) is 0 Å². The van der Waals surface area contributed by atoms with Gasteiger partial charge in [-0.1, -0.05) is 18.2 Å². The van der Waals surface area contributed by atoms with Gasteiger partial charge in [-0.3, -0.25) is 9.69 Å². The maximum atomic E-state index is 12.1. The van der Waals surface area contributed by atoms with Gasteiger partial charge in [0.05, 0.1) is 0 Å². The number of carbonyl (C=O) groups is 1. The number of benzene rings is 1. The van der Waals surface area contributed by atoms with Crippen LogP contribution in [-0.4, -0.2) is 54.9 Å². The Morgan fingerprint density at radius 2 is 2.05 bits per heavy atom. The number of para-hydroxylation sites is 1. The Morgan fingerprint density at radius 1 is 1.27 bits per heavy atom. The fourth-order valence-electron chi connectivity index (χ4n) is 4.20. The van der Waals surface area contributed by atoms with E-state index in [-0.39, 0.29) is 12.5 Å². The van der Waals surface area contributed by atoms with Crippen molar-refractivity contribution in [3.05, 3.63) is 29.8 Å². The molecule has 0 saturated carbocycles. The molecule has 5 nitrogen and oxygen atoms in total. The summed E-state index contributed by atoms with van der Waals surface area (Å²) in [6.45, 7) is 3.20. The van der Waals surface area contributed by atoms with Crippen LogP contribution in [0.15, 0.2) is 24.3 Å². The quantitative estimate of drug-likeness (QED) is 0.901. The van der Waals surface area contributed by atoms with Crippen molar-refractivity contribution in [3.63, 3.8) is 0 Å². The molecule has 3 aliphatic rings. The highest BCUT2D eigenvalue weighted by atomic mass is 16.5. The first-order valence-corrected chi connectivity index (χ1v) is 7.98. The fraction of sp³-hybridized carbons (Fsp3) is 0.588. The van der Waals surface area contributed by atoms with E-state index in [2.05, 4.69) is 4.90 Å². The lowest BCUT2D eigenvalue weighted by Crippen LogP contribution is -2.46. The fourth-order valence-corrected chi connectivity index (χ4v) is 4.20. The molecule has 0 aromatic heterocycles. The second-order valence-electron chi connectivity index (χ2n) is 6.61. The molecular weight excluding hydrogens is 282 g/mol. The van der Waals surface area contributed by atoms with E-state index in [0.29, 0.717) is 12.6 Å². The van der Waals surface area contributed by atoms with Gasteiger partial charge < -0.3 is 14.6 Å². The van der Waals surface area contributed by atoms with Crippen LogP contribution in [0, 0.1) is 5.41 Å². The lowest BCUT2D eigenvalue weighted by molar-refractivity contribution is -0.152. The number of carboxylic acids is 1. The van der Waals surface area contributed by atoms with Crippen molar-refractivity contribution in [3.8, 4) is 5.75 Å². The lowest BCUT2D eigenvalue weighted by Gasteiger charge is -2.36. The van der Waals surface area contributed by atoms with Crippen LogP contribution >= 0.6 is 0 Å². The number of likely N-dealkylation sites (tertiary alicyclic amines) is 1. The van der Waals surface area contributed by atoms with Crippen molar-refractivity contribution in [1.82, 2.24) is 4.90 Å². The van der Waals surface area contributed by atoms with Crippen LogP contribution < -0.4 is 4.74 Å². The van der Waals surface area contributed by atoms with E-state index in [4.69, 9.17) is 9.47 Å². The zero-order valence-electron chi connectivity index (χ0n) is 12.5. The molecule has 2 fully saturated rings. The minimum atomic E-state index is -0.813. The van der Waals surface area contributed by atoms with Gasteiger partial charge >= 0.3 is 5.97 Å². The van der Waals surface area contributed by atoms with E-state index < -0.39 is 11.4 Å². The minimum Gasteiger partial charge on any atom is -0.492 e. The highest BCUT2D eigenvalue weighted by Crippen LogP contribution is 2.50. The molecule has 2 saturated heterocycles. The van der Waals surface area contributed by atoms with E-state index in [1.807, 2.05) is 24.3 Å². The molecule has 0 amide bonds. The van der Waals surface area contributed by atoms with Crippen LogP contribution in [0.5, 0.6) is 5.75 Å². The van der Waals surface area contributed by atoms with Gasteiger partial charge in [-0.2, -0.15) is 0 Å². The second kappa shape index (κ2) is 5.25. The van der Waals surface area contributed by atoms with Crippen LogP contribution in [0.4, 0.5) is 0 Å². The average molecular weight is 303 g/mol. The maximum absolute atomic E-state index is 12.1. The van der Waals surface area contributed by atoms with Crippen molar-refractivity contribution in [2.75, 3.05) is 32.9 Å². The number of nitrogens with zero attached hydrogens (tertiary/aromatic N) is 1. The Morgan fingerprint density at radius 3 is 2.82 bits per heavy atom. The monoisotopic (exact) mass is 303 g/mol. The van der Waals surface area contributed by atoms with Gasteiger partial charge in [-0.05, 0) is 24.5 Å². The van der Waals surface area contributed by atoms with Gasteiger partial charge in [-0.15, -0.1) is 0 Å². The molecule has 22 heavy (non-hydrogen) atoms. The molecule has 1 aromatic carbocycles. The highest BCUT2D eigenvalue weighted by molar-refractivity contribution is 5.78. The first-order valence-electron chi connectivity index (χ1n) is 7.98.